The summed E-state index contributed by atoms with van der Waals surface area (Å²) in [6, 6.07) is 3.71. The molecule has 1 saturated heterocycles. The molecular formula is C12H16BrN3O. The lowest BCUT2D eigenvalue weighted by Gasteiger charge is -2.20. The molecule has 1 aliphatic rings. The van der Waals surface area contributed by atoms with Gasteiger partial charge in [-0.25, -0.2) is 4.98 Å². The second kappa shape index (κ2) is 5.14. The number of amides is 1. The van der Waals surface area contributed by atoms with Crippen LogP contribution in [0.4, 0.5) is 5.82 Å². The topological polar surface area (TPSA) is 36.4 Å². The fourth-order valence-corrected chi connectivity index (χ4v) is 2.42. The first-order chi connectivity index (χ1) is 8.08. The summed E-state index contributed by atoms with van der Waals surface area (Å²) in [4.78, 5) is 20.3. The van der Waals surface area contributed by atoms with Gasteiger partial charge in [0, 0.05) is 24.3 Å². The molecule has 2 heterocycles. The van der Waals surface area contributed by atoms with Crippen LogP contribution in [0, 0.1) is 5.92 Å². The average molecular weight is 298 g/mol. The van der Waals surface area contributed by atoms with Gasteiger partial charge in [-0.1, -0.05) is 15.9 Å². The minimum atomic E-state index is 0.103. The number of pyridine rings is 1. The Morgan fingerprint density at radius 3 is 3.00 bits per heavy atom. The van der Waals surface area contributed by atoms with Crippen LogP contribution in [-0.2, 0) is 4.79 Å². The zero-order chi connectivity index (χ0) is 12.4. The maximum absolute atomic E-state index is 12.2. The summed E-state index contributed by atoms with van der Waals surface area (Å²) >= 11 is 3.39. The van der Waals surface area contributed by atoms with Crippen molar-refractivity contribution in [1.82, 2.24) is 9.88 Å². The van der Waals surface area contributed by atoms with Crippen molar-refractivity contribution < 1.29 is 4.79 Å². The summed E-state index contributed by atoms with van der Waals surface area (Å²) in [7, 11) is 3.83. The first-order valence-corrected chi connectivity index (χ1v) is 6.45. The van der Waals surface area contributed by atoms with Gasteiger partial charge in [0.2, 0.25) is 5.91 Å². The van der Waals surface area contributed by atoms with E-state index in [1.807, 2.05) is 19.2 Å². The molecule has 0 aliphatic carbocycles. The highest BCUT2D eigenvalue weighted by Gasteiger charge is 2.29. The van der Waals surface area contributed by atoms with Crippen molar-refractivity contribution in [3.05, 3.63) is 22.8 Å². The number of aromatic nitrogens is 1. The van der Waals surface area contributed by atoms with E-state index in [0.29, 0.717) is 5.82 Å². The minimum Gasteiger partial charge on any atom is -0.306 e. The van der Waals surface area contributed by atoms with Gasteiger partial charge in [-0.05, 0) is 32.1 Å². The van der Waals surface area contributed by atoms with Crippen molar-refractivity contribution in [2.24, 2.45) is 5.92 Å². The molecular weight excluding hydrogens is 282 g/mol. The largest absolute Gasteiger partial charge is 0.306 e. The van der Waals surface area contributed by atoms with Crippen molar-refractivity contribution in [2.45, 2.75) is 6.42 Å². The molecule has 1 amide bonds. The summed E-state index contributed by atoms with van der Waals surface area (Å²) in [5.41, 5.74) is 0. The highest BCUT2D eigenvalue weighted by atomic mass is 79.9. The predicted molar refractivity (Wildman–Crippen MR) is 71.0 cm³/mol. The summed E-state index contributed by atoms with van der Waals surface area (Å²) < 4.78 is 0.936. The van der Waals surface area contributed by atoms with E-state index in [1.54, 1.807) is 18.1 Å². The molecule has 4 nitrogen and oxygen atoms in total. The molecule has 1 atom stereocenters. The third-order valence-electron chi connectivity index (χ3n) is 3.12. The van der Waals surface area contributed by atoms with Gasteiger partial charge in [-0.3, -0.25) is 9.69 Å². The van der Waals surface area contributed by atoms with Gasteiger partial charge in [-0.15, -0.1) is 0 Å². The quantitative estimate of drug-likeness (QED) is 0.835. The number of nitrogens with zero attached hydrogens (tertiary/aromatic N) is 3. The van der Waals surface area contributed by atoms with Gasteiger partial charge in [-0.2, -0.15) is 0 Å². The van der Waals surface area contributed by atoms with E-state index in [-0.39, 0.29) is 11.8 Å². The highest BCUT2D eigenvalue weighted by Crippen LogP contribution is 2.21. The third kappa shape index (κ3) is 2.84. The van der Waals surface area contributed by atoms with Crippen LogP contribution >= 0.6 is 15.9 Å². The Labute approximate surface area is 110 Å². The number of halogens is 1. The predicted octanol–water partition coefficient (Wildman–Crippen LogP) is 1.76. The molecule has 92 valence electrons. The van der Waals surface area contributed by atoms with Crippen LogP contribution in [0.25, 0.3) is 0 Å². The van der Waals surface area contributed by atoms with Gasteiger partial charge in [0.1, 0.15) is 5.82 Å². The molecule has 0 spiro atoms. The standard InChI is InChI=1S/C12H16BrN3O/c1-15-6-4-9(8-15)12(17)16(2)11-7-10(13)3-5-14-11/h3,5,7,9H,4,6,8H2,1-2H3. The monoisotopic (exact) mass is 297 g/mol. The number of anilines is 1. The number of carbonyl (C=O) groups is 1. The summed E-state index contributed by atoms with van der Waals surface area (Å²) in [6.45, 7) is 1.84. The number of hydrogen-bond donors (Lipinski definition) is 0. The van der Waals surface area contributed by atoms with Crippen molar-refractivity contribution in [1.29, 1.82) is 0 Å². The number of hydrogen-bond acceptors (Lipinski definition) is 3. The van der Waals surface area contributed by atoms with E-state index >= 15 is 0 Å². The number of carbonyl (C=O) groups excluding carboxylic acids is 1. The van der Waals surface area contributed by atoms with E-state index in [2.05, 4.69) is 25.8 Å². The Hall–Kier alpha value is -0.940. The van der Waals surface area contributed by atoms with Crippen LogP contribution in [0.1, 0.15) is 6.42 Å². The Morgan fingerprint density at radius 1 is 1.65 bits per heavy atom. The lowest BCUT2D eigenvalue weighted by Crippen LogP contribution is -2.34. The number of likely N-dealkylation sites (tertiary alicyclic amines) is 1. The fourth-order valence-electron chi connectivity index (χ4n) is 2.10. The smallest absolute Gasteiger partial charge is 0.232 e. The Balaban J connectivity index is 2.09. The maximum Gasteiger partial charge on any atom is 0.232 e. The van der Waals surface area contributed by atoms with Crippen LogP contribution in [0.5, 0.6) is 0 Å². The van der Waals surface area contributed by atoms with E-state index in [9.17, 15) is 4.79 Å². The van der Waals surface area contributed by atoms with Gasteiger partial charge in [0.05, 0.1) is 5.92 Å². The van der Waals surface area contributed by atoms with E-state index in [4.69, 9.17) is 0 Å². The van der Waals surface area contributed by atoms with Crippen molar-refractivity contribution >= 4 is 27.7 Å². The highest BCUT2D eigenvalue weighted by molar-refractivity contribution is 9.10. The van der Waals surface area contributed by atoms with E-state index in [1.165, 1.54) is 0 Å². The van der Waals surface area contributed by atoms with Crippen molar-refractivity contribution in [3.63, 3.8) is 0 Å². The van der Waals surface area contributed by atoms with Crippen molar-refractivity contribution in [3.8, 4) is 0 Å². The van der Waals surface area contributed by atoms with E-state index < -0.39 is 0 Å². The molecule has 0 saturated carbocycles. The molecule has 0 radical (unpaired) electrons. The zero-order valence-electron chi connectivity index (χ0n) is 10.1. The molecule has 17 heavy (non-hydrogen) atoms. The Morgan fingerprint density at radius 2 is 2.41 bits per heavy atom. The summed E-state index contributed by atoms with van der Waals surface area (Å²) in [6.07, 6.45) is 2.64. The normalized spacial score (nSPS) is 20.5. The lowest BCUT2D eigenvalue weighted by molar-refractivity contribution is -0.121. The molecule has 1 aliphatic heterocycles. The molecule has 0 N–H and O–H groups in total. The number of rotatable bonds is 2. The molecule has 1 unspecified atom stereocenters. The van der Waals surface area contributed by atoms with Crippen molar-refractivity contribution in [2.75, 3.05) is 32.1 Å². The zero-order valence-corrected chi connectivity index (χ0v) is 11.6. The lowest BCUT2D eigenvalue weighted by atomic mass is 10.1. The Bertz CT molecular complexity index is 424. The second-order valence-corrected chi connectivity index (χ2v) is 5.39. The van der Waals surface area contributed by atoms with Crippen LogP contribution in [0.15, 0.2) is 22.8 Å². The van der Waals surface area contributed by atoms with Gasteiger partial charge < -0.3 is 4.90 Å². The van der Waals surface area contributed by atoms with Gasteiger partial charge in [0.15, 0.2) is 0 Å². The summed E-state index contributed by atoms with van der Waals surface area (Å²) in [5.74, 6) is 0.949. The average Bonchev–Trinajstić information content (AvgIpc) is 2.74. The molecule has 5 heteroatoms. The molecule has 1 fully saturated rings. The molecule has 1 aromatic rings. The Kier molecular flexibility index (Phi) is 3.79. The minimum absolute atomic E-state index is 0.103. The third-order valence-corrected chi connectivity index (χ3v) is 3.62. The van der Waals surface area contributed by atoms with Gasteiger partial charge in [0.25, 0.3) is 0 Å². The summed E-state index contributed by atoms with van der Waals surface area (Å²) in [5, 5.41) is 0. The second-order valence-electron chi connectivity index (χ2n) is 4.48. The first kappa shape index (κ1) is 12.5. The fraction of sp³-hybridized carbons (Fsp3) is 0.500. The first-order valence-electron chi connectivity index (χ1n) is 5.65. The molecule has 1 aromatic heterocycles. The van der Waals surface area contributed by atoms with Crippen LogP contribution in [0.3, 0.4) is 0 Å². The SMILES string of the molecule is CN1CCC(C(=O)N(C)c2cc(Br)ccn2)C1. The van der Waals surface area contributed by atoms with E-state index in [0.717, 1.165) is 24.0 Å². The molecule has 0 bridgehead atoms. The van der Waals surface area contributed by atoms with Crippen LogP contribution < -0.4 is 4.90 Å². The van der Waals surface area contributed by atoms with Gasteiger partial charge >= 0.3 is 0 Å². The van der Waals surface area contributed by atoms with Crippen LogP contribution in [-0.4, -0.2) is 43.0 Å². The molecule has 0 aromatic carbocycles. The van der Waals surface area contributed by atoms with Crippen LogP contribution in [0.2, 0.25) is 0 Å². The maximum atomic E-state index is 12.2. The molecule has 2 rings (SSSR count).